The van der Waals surface area contributed by atoms with Gasteiger partial charge in [0.25, 0.3) is 5.91 Å². The summed E-state index contributed by atoms with van der Waals surface area (Å²) < 4.78 is 4.92. The van der Waals surface area contributed by atoms with Gasteiger partial charge in [0.05, 0.1) is 11.4 Å². The Morgan fingerprint density at radius 2 is 2.28 bits per heavy atom. The molecule has 0 aromatic carbocycles. The van der Waals surface area contributed by atoms with Crippen LogP contribution in [0.3, 0.4) is 0 Å². The molecule has 0 fully saturated rings. The molecule has 0 saturated carbocycles. The highest BCUT2D eigenvalue weighted by Gasteiger charge is 2.18. The second-order valence-corrected chi connectivity index (χ2v) is 5.47. The summed E-state index contributed by atoms with van der Waals surface area (Å²) in [6.07, 6.45) is 4.49. The molecule has 1 N–H and O–H groups in total. The molecule has 6 heteroatoms. The van der Waals surface area contributed by atoms with Crippen LogP contribution < -0.4 is 5.32 Å². The third kappa shape index (κ3) is 2.15. The average molecular weight is 263 g/mol. The Labute approximate surface area is 108 Å². The van der Waals surface area contributed by atoms with Gasteiger partial charge in [0.15, 0.2) is 5.13 Å². The number of aromatic nitrogens is 2. The molecule has 5 nitrogen and oxygen atoms in total. The van der Waals surface area contributed by atoms with Gasteiger partial charge in [0, 0.05) is 10.9 Å². The maximum atomic E-state index is 11.9. The van der Waals surface area contributed by atoms with E-state index >= 15 is 0 Å². The molecule has 3 rings (SSSR count). The van der Waals surface area contributed by atoms with Crippen molar-refractivity contribution >= 4 is 22.4 Å². The summed E-state index contributed by atoms with van der Waals surface area (Å²) in [4.78, 5) is 17.6. The largest absolute Gasteiger partial charge is 0.351 e. The van der Waals surface area contributed by atoms with Crippen molar-refractivity contribution < 1.29 is 9.32 Å². The average Bonchev–Trinajstić information content (AvgIpc) is 2.94. The van der Waals surface area contributed by atoms with Crippen molar-refractivity contribution in [2.45, 2.75) is 32.6 Å². The van der Waals surface area contributed by atoms with Gasteiger partial charge in [-0.15, -0.1) is 11.3 Å². The van der Waals surface area contributed by atoms with Gasteiger partial charge in [-0.2, -0.15) is 0 Å². The zero-order valence-electron chi connectivity index (χ0n) is 10.0. The number of hydrogen-bond donors (Lipinski definition) is 1. The van der Waals surface area contributed by atoms with Crippen LogP contribution in [-0.2, 0) is 12.8 Å². The van der Waals surface area contributed by atoms with E-state index in [4.69, 9.17) is 4.52 Å². The van der Waals surface area contributed by atoms with E-state index in [1.54, 1.807) is 24.3 Å². The number of nitrogens with one attached hydrogen (secondary N) is 1. The van der Waals surface area contributed by atoms with Crippen LogP contribution in [-0.4, -0.2) is 16.0 Å². The number of carbonyl (C=O) groups excluding carboxylic acids is 1. The molecule has 2 heterocycles. The van der Waals surface area contributed by atoms with Gasteiger partial charge in [-0.1, -0.05) is 5.16 Å². The first-order valence-electron chi connectivity index (χ1n) is 5.95. The lowest BCUT2D eigenvalue weighted by Crippen LogP contribution is -2.10. The highest BCUT2D eigenvalue weighted by molar-refractivity contribution is 7.15. The van der Waals surface area contributed by atoms with Gasteiger partial charge < -0.3 is 4.52 Å². The van der Waals surface area contributed by atoms with Crippen LogP contribution in [0.2, 0.25) is 0 Å². The number of carbonyl (C=O) groups is 1. The fourth-order valence-corrected chi connectivity index (χ4v) is 3.08. The standard InChI is InChI=1S/C12H13N3O2S/c1-7-6-9(17-15-7)11(16)14-12-13-8-4-2-3-5-10(8)18-12/h6H,2-5H2,1H3,(H,13,14,16). The summed E-state index contributed by atoms with van der Waals surface area (Å²) in [6, 6.07) is 1.61. The molecule has 0 radical (unpaired) electrons. The summed E-state index contributed by atoms with van der Waals surface area (Å²) in [7, 11) is 0. The van der Waals surface area contributed by atoms with Crippen LogP contribution >= 0.6 is 11.3 Å². The van der Waals surface area contributed by atoms with Gasteiger partial charge in [-0.25, -0.2) is 4.98 Å². The molecule has 0 atom stereocenters. The number of aryl methyl sites for hydroxylation is 3. The first-order valence-corrected chi connectivity index (χ1v) is 6.77. The highest BCUT2D eigenvalue weighted by atomic mass is 32.1. The second kappa shape index (κ2) is 4.53. The van der Waals surface area contributed by atoms with E-state index in [1.807, 2.05) is 0 Å². The smallest absolute Gasteiger partial charge is 0.296 e. The molecule has 2 aromatic rings. The van der Waals surface area contributed by atoms with E-state index in [2.05, 4.69) is 15.5 Å². The van der Waals surface area contributed by atoms with E-state index in [-0.39, 0.29) is 11.7 Å². The van der Waals surface area contributed by atoms with Crippen molar-refractivity contribution in [2.24, 2.45) is 0 Å². The Morgan fingerprint density at radius 3 is 3.00 bits per heavy atom. The molecule has 1 amide bonds. The monoisotopic (exact) mass is 263 g/mol. The second-order valence-electron chi connectivity index (χ2n) is 4.38. The minimum atomic E-state index is -0.290. The number of nitrogens with zero attached hydrogens (tertiary/aromatic N) is 2. The van der Waals surface area contributed by atoms with Crippen molar-refractivity contribution in [3.8, 4) is 0 Å². The Morgan fingerprint density at radius 1 is 1.44 bits per heavy atom. The van der Waals surface area contributed by atoms with Crippen molar-refractivity contribution in [3.63, 3.8) is 0 Å². The number of anilines is 1. The molecular formula is C12H13N3O2S. The Bertz CT molecular complexity index is 564. The predicted octanol–water partition coefficient (Wildman–Crippen LogP) is 2.57. The van der Waals surface area contributed by atoms with Crippen molar-refractivity contribution in [3.05, 3.63) is 28.1 Å². The van der Waals surface area contributed by atoms with Crippen molar-refractivity contribution in [2.75, 3.05) is 5.32 Å². The number of hydrogen-bond acceptors (Lipinski definition) is 5. The van der Waals surface area contributed by atoms with Gasteiger partial charge in [0.1, 0.15) is 0 Å². The molecule has 94 valence electrons. The topological polar surface area (TPSA) is 68.0 Å². The molecule has 0 unspecified atom stereocenters. The molecule has 0 spiro atoms. The maximum absolute atomic E-state index is 11.9. The normalized spacial score (nSPS) is 14.3. The number of amides is 1. The van der Waals surface area contributed by atoms with Crippen LogP contribution in [0.5, 0.6) is 0 Å². The van der Waals surface area contributed by atoms with Crippen LogP contribution in [0.1, 0.15) is 39.7 Å². The lowest BCUT2D eigenvalue weighted by Gasteiger charge is -2.06. The van der Waals surface area contributed by atoms with Crippen molar-refractivity contribution in [1.29, 1.82) is 0 Å². The molecule has 18 heavy (non-hydrogen) atoms. The third-order valence-corrected chi connectivity index (χ3v) is 3.99. The fraction of sp³-hybridized carbons (Fsp3) is 0.417. The summed E-state index contributed by atoms with van der Waals surface area (Å²) >= 11 is 1.56. The zero-order valence-corrected chi connectivity index (χ0v) is 10.8. The zero-order chi connectivity index (χ0) is 12.5. The van der Waals surface area contributed by atoms with E-state index in [0.717, 1.165) is 18.5 Å². The van der Waals surface area contributed by atoms with E-state index in [1.165, 1.54) is 17.7 Å². The van der Waals surface area contributed by atoms with E-state index < -0.39 is 0 Å². The summed E-state index contributed by atoms with van der Waals surface area (Å²) in [5, 5.41) is 7.11. The SMILES string of the molecule is Cc1cc(C(=O)Nc2nc3c(s2)CCCC3)on1. The molecular weight excluding hydrogens is 250 g/mol. The number of thiazole rings is 1. The molecule has 0 saturated heterocycles. The Balaban J connectivity index is 1.76. The predicted molar refractivity (Wildman–Crippen MR) is 67.9 cm³/mol. The first kappa shape index (κ1) is 11.4. The van der Waals surface area contributed by atoms with Gasteiger partial charge in [-0.05, 0) is 32.6 Å². The lowest BCUT2D eigenvalue weighted by molar-refractivity contribution is 0.0988. The number of rotatable bonds is 2. The number of fused-ring (bicyclic) bond motifs is 1. The van der Waals surface area contributed by atoms with Crippen LogP contribution in [0, 0.1) is 6.92 Å². The van der Waals surface area contributed by atoms with Gasteiger partial charge in [-0.3, -0.25) is 10.1 Å². The quantitative estimate of drug-likeness (QED) is 0.904. The molecule has 0 bridgehead atoms. The van der Waals surface area contributed by atoms with Crippen LogP contribution in [0.25, 0.3) is 0 Å². The molecule has 2 aromatic heterocycles. The summed E-state index contributed by atoms with van der Waals surface area (Å²) in [5.74, 6) is -0.0673. The highest BCUT2D eigenvalue weighted by Crippen LogP contribution is 2.29. The minimum Gasteiger partial charge on any atom is -0.351 e. The maximum Gasteiger partial charge on any atom is 0.296 e. The molecule has 1 aliphatic rings. The van der Waals surface area contributed by atoms with E-state index in [0.29, 0.717) is 10.8 Å². The Kier molecular flexibility index (Phi) is 2.87. The van der Waals surface area contributed by atoms with Crippen LogP contribution in [0.4, 0.5) is 5.13 Å². The fourth-order valence-electron chi connectivity index (χ4n) is 2.03. The van der Waals surface area contributed by atoms with Gasteiger partial charge in [0.2, 0.25) is 5.76 Å². The van der Waals surface area contributed by atoms with Crippen LogP contribution in [0.15, 0.2) is 10.6 Å². The minimum absolute atomic E-state index is 0.223. The molecule has 0 aliphatic heterocycles. The summed E-state index contributed by atoms with van der Waals surface area (Å²) in [6.45, 7) is 1.78. The Hall–Kier alpha value is -1.69. The van der Waals surface area contributed by atoms with E-state index in [9.17, 15) is 4.79 Å². The first-order chi connectivity index (χ1) is 8.72. The third-order valence-electron chi connectivity index (χ3n) is 2.92. The van der Waals surface area contributed by atoms with Gasteiger partial charge >= 0.3 is 0 Å². The molecule has 1 aliphatic carbocycles. The summed E-state index contributed by atoms with van der Waals surface area (Å²) in [5.41, 5.74) is 1.83. The van der Waals surface area contributed by atoms with Crippen molar-refractivity contribution in [1.82, 2.24) is 10.1 Å². The lowest BCUT2D eigenvalue weighted by atomic mass is 10.0.